The van der Waals surface area contributed by atoms with E-state index in [0.29, 0.717) is 29.5 Å². The molecule has 0 spiro atoms. The molecular formula is C23H22ClN5O2. The van der Waals surface area contributed by atoms with Gasteiger partial charge in [-0.25, -0.2) is 14.8 Å². The van der Waals surface area contributed by atoms with Gasteiger partial charge in [0.1, 0.15) is 17.1 Å². The molecule has 2 amide bonds. The molecule has 2 aromatic carbocycles. The Hall–Kier alpha value is -3.58. The number of amides is 2. The topological polar surface area (TPSA) is 81.1 Å². The van der Waals surface area contributed by atoms with E-state index in [-0.39, 0.29) is 6.03 Å². The van der Waals surface area contributed by atoms with Crippen molar-refractivity contribution in [3.8, 4) is 17.1 Å². The van der Waals surface area contributed by atoms with Crippen molar-refractivity contribution in [2.45, 2.75) is 13.5 Å². The molecule has 4 rings (SSSR count). The Morgan fingerprint density at radius 2 is 1.97 bits per heavy atom. The second-order valence-corrected chi connectivity index (χ2v) is 7.46. The molecule has 0 atom stereocenters. The zero-order valence-corrected chi connectivity index (χ0v) is 18.0. The normalized spacial score (nSPS) is 10.8. The van der Waals surface area contributed by atoms with E-state index >= 15 is 0 Å². The molecule has 0 aliphatic carbocycles. The maximum Gasteiger partial charge on any atom is 0.319 e. The molecule has 0 saturated carbocycles. The van der Waals surface area contributed by atoms with Crippen LogP contribution in [0.15, 0.2) is 60.8 Å². The number of methoxy groups -OCH3 is 1. The Kier molecular flexibility index (Phi) is 6.04. The number of benzene rings is 2. The van der Waals surface area contributed by atoms with Crippen molar-refractivity contribution in [1.29, 1.82) is 0 Å². The number of carbonyl (C=O) groups is 1. The molecule has 0 radical (unpaired) electrons. The molecule has 2 aromatic heterocycles. The molecule has 0 aliphatic rings. The second kappa shape index (κ2) is 9.06. The van der Waals surface area contributed by atoms with E-state index in [9.17, 15) is 4.79 Å². The summed E-state index contributed by atoms with van der Waals surface area (Å²) in [6.45, 7) is 2.94. The van der Waals surface area contributed by atoms with Crippen molar-refractivity contribution in [3.05, 3.63) is 71.4 Å². The maximum absolute atomic E-state index is 12.4. The lowest BCUT2D eigenvalue weighted by molar-refractivity contribution is 0.251. The number of aromatic nitrogens is 3. The van der Waals surface area contributed by atoms with Gasteiger partial charge in [-0.3, -0.25) is 0 Å². The Bertz CT molecular complexity index is 1220. The summed E-state index contributed by atoms with van der Waals surface area (Å²) in [6, 6.07) is 16.7. The number of nitrogens with zero attached hydrogens (tertiary/aromatic N) is 3. The van der Waals surface area contributed by atoms with Crippen LogP contribution < -0.4 is 15.4 Å². The highest BCUT2D eigenvalue weighted by molar-refractivity contribution is 6.31. The van der Waals surface area contributed by atoms with Crippen molar-refractivity contribution in [1.82, 2.24) is 19.9 Å². The summed E-state index contributed by atoms with van der Waals surface area (Å²) >= 11 is 6.03. The number of hydrogen-bond acceptors (Lipinski definition) is 4. The standard InChI is InChI=1S/C23H22ClN5O2/c1-15-5-7-16(8-6-15)21-27-18-4-3-11-25-22(18)29(21)13-12-26-23(30)28-19-14-17(24)9-10-20(19)31-2/h3-11,14H,12-13H2,1-2H3,(H2,26,28,30). The molecule has 2 heterocycles. The Morgan fingerprint density at radius 1 is 1.16 bits per heavy atom. The molecule has 0 saturated heterocycles. The predicted molar refractivity (Wildman–Crippen MR) is 123 cm³/mol. The first-order valence-electron chi connectivity index (χ1n) is 9.82. The monoisotopic (exact) mass is 435 g/mol. The van der Waals surface area contributed by atoms with Crippen LogP contribution in [0.25, 0.3) is 22.6 Å². The molecule has 31 heavy (non-hydrogen) atoms. The average Bonchev–Trinajstić information content (AvgIpc) is 3.13. The highest BCUT2D eigenvalue weighted by Crippen LogP contribution is 2.27. The van der Waals surface area contributed by atoms with Crippen molar-refractivity contribution in [2.75, 3.05) is 19.0 Å². The van der Waals surface area contributed by atoms with Crippen LogP contribution in [-0.2, 0) is 6.54 Å². The van der Waals surface area contributed by atoms with Gasteiger partial charge < -0.3 is 19.9 Å². The van der Waals surface area contributed by atoms with Crippen LogP contribution in [0.3, 0.4) is 0 Å². The molecule has 8 heteroatoms. The molecule has 0 bridgehead atoms. The molecule has 0 aliphatic heterocycles. The Morgan fingerprint density at radius 3 is 2.74 bits per heavy atom. The van der Waals surface area contributed by atoms with E-state index in [2.05, 4.69) is 27.8 Å². The number of aryl methyl sites for hydroxylation is 1. The van der Waals surface area contributed by atoms with Gasteiger partial charge in [0.05, 0.1) is 12.8 Å². The predicted octanol–water partition coefficient (Wildman–Crippen LogP) is 4.89. The molecule has 2 N–H and O–H groups in total. The Labute approximate surface area is 185 Å². The number of rotatable bonds is 6. The second-order valence-electron chi connectivity index (χ2n) is 7.02. The van der Waals surface area contributed by atoms with Crippen LogP contribution >= 0.6 is 11.6 Å². The van der Waals surface area contributed by atoms with E-state index in [0.717, 1.165) is 22.6 Å². The minimum absolute atomic E-state index is 0.352. The number of carbonyl (C=O) groups excluding carboxylic acids is 1. The molecular weight excluding hydrogens is 414 g/mol. The number of urea groups is 1. The lowest BCUT2D eigenvalue weighted by atomic mass is 10.1. The van der Waals surface area contributed by atoms with E-state index in [1.165, 1.54) is 12.7 Å². The third kappa shape index (κ3) is 4.62. The molecule has 0 fully saturated rings. The van der Waals surface area contributed by atoms with E-state index in [4.69, 9.17) is 21.3 Å². The molecule has 0 unspecified atom stereocenters. The zero-order valence-electron chi connectivity index (χ0n) is 17.2. The first-order valence-corrected chi connectivity index (χ1v) is 10.2. The largest absolute Gasteiger partial charge is 0.495 e. The first-order chi connectivity index (χ1) is 15.0. The Balaban J connectivity index is 1.50. The van der Waals surface area contributed by atoms with Gasteiger partial charge in [0.15, 0.2) is 5.65 Å². The van der Waals surface area contributed by atoms with Gasteiger partial charge in [-0.05, 0) is 37.3 Å². The number of anilines is 1. The van der Waals surface area contributed by atoms with Crippen molar-refractivity contribution in [2.24, 2.45) is 0 Å². The SMILES string of the molecule is COc1ccc(Cl)cc1NC(=O)NCCn1c(-c2ccc(C)cc2)nc2cccnc21. The van der Waals surface area contributed by atoms with E-state index < -0.39 is 0 Å². The summed E-state index contributed by atoms with van der Waals surface area (Å²) in [5.41, 5.74) is 4.27. The molecule has 158 valence electrons. The maximum atomic E-state index is 12.4. The quantitative estimate of drug-likeness (QED) is 0.451. The fourth-order valence-corrected chi connectivity index (χ4v) is 3.49. The summed E-state index contributed by atoms with van der Waals surface area (Å²) in [5, 5.41) is 6.15. The summed E-state index contributed by atoms with van der Waals surface area (Å²) in [5.74, 6) is 1.35. The van der Waals surface area contributed by atoms with E-state index in [1.807, 2.05) is 35.8 Å². The van der Waals surface area contributed by atoms with Gasteiger partial charge in [-0.1, -0.05) is 41.4 Å². The third-order valence-corrected chi connectivity index (χ3v) is 5.08. The van der Waals surface area contributed by atoms with Crippen LogP contribution in [0.4, 0.5) is 10.5 Å². The van der Waals surface area contributed by atoms with Gasteiger partial charge in [0.25, 0.3) is 0 Å². The van der Waals surface area contributed by atoms with Crippen LogP contribution in [0.1, 0.15) is 5.56 Å². The minimum atomic E-state index is -0.352. The van der Waals surface area contributed by atoms with Crippen molar-refractivity contribution < 1.29 is 9.53 Å². The minimum Gasteiger partial charge on any atom is -0.495 e. The lowest BCUT2D eigenvalue weighted by Crippen LogP contribution is -2.31. The number of pyridine rings is 1. The number of hydrogen-bond donors (Lipinski definition) is 2. The zero-order chi connectivity index (χ0) is 21.8. The van der Waals surface area contributed by atoms with Gasteiger partial charge in [0, 0.05) is 29.9 Å². The number of nitrogens with one attached hydrogen (secondary N) is 2. The summed E-state index contributed by atoms with van der Waals surface area (Å²) in [6.07, 6.45) is 1.74. The fraction of sp³-hybridized carbons (Fsp3) is 0.174. The average molecular weight is 436 g/mol. The van der Waals surface area contributed by atoms with Crippen LogP contribution in [0.2, 0.25) is 5.02 Å². The van der Waals surface area contributed by atoms with Crippen molar-refractivity contribution in [3.63, 3.8) is 0 Å². The van der Waals surface area contributed by atoms with Gasteiger partial charge in [-0.15, -0.1) is 0 Å². The lowest BCUT2D eigenvalue weighted by Gasteiger charge is -2.13. The van der Waals surface area contributed by atoms with Gasteiger partial charge in [0.2, 0.25) is 0 Å². The number of ether oxygens (including phenoxy) is 1. The fourth-order valence-electron chi connectivity index (χ4n) is 3.32. The van der Waals surface area contributed by atoms with Crippen molar-refractivity contribution >= 4 is 34.5 Å². The first kappa shape index (κ1) is 20.7. The highest BCUT2D eigenvalue weighted by atomic mass is 35.5. The third-order valence-electron chi connectivity index (χ3n) is 4.84. The molecule has 4 aromatic rings. The summed E-state index contributed by atoms with van der Waals surface area (Å²) in [4.78, 5) is 21.7. The van der Waals surface area contributed by atoms with E-state index in [1.54, 1.807) is 24.4 Å². The van der Waals surface area contributed by atoms with Gasteiger partial charge >= 0.3 is 6.03 Å². The van der Waals surface area contributed by atoms with Crippen LogP contribution in [0.5, 0.6) is 5.75 Å². The number of halogens is 1. The van der Waals surface area contributed by atoms with Crippen LogP contribution in [0, 0.1) is 6.92 Å². The summed E-state index contributed by atoms with van der Waals surface area (Å²) in [7, 11) is 1.54. The number of imidazole rings is 1. The highest BCUT2D eigenvalue weighted by Gasteiger charge is 2.14. The number of fused-ring (bicyclic) bond motifs is 1. The van der Waals surface area contributed by atoms with Gasteiger partial charge in [-0.2, -0.15) is 0 Å². The summed E-state index contributed by atoms with van der Waals surface area (Å²) < 4.78 is 7.28. The smallest absolute Gasteiger partial charge is 0.319 e. The molecule has 7 nitrogen and oxygen atoms in total. The van der Waals surface area contributed by atoms with Crippen LogP contribution in [-0.4, -0.2) is 34.2 Å².